The van der Waals surface area contributed by atoms with E-state index in [-0.39, 0.29) is 5.92 Å². The summed E-state index contributed by atoms with van der Waals surface area (Å²) in [5, 5.41) is 13.2. The van der Waals surface area contributed by atoms with Crippen LogP contribution >= 0.6 is 0 Å². The Morgan fingerprint density at radius 3 is 2.73 bits per heavy atom. The van der Waals surface area contributed by atoms with Gasteiger partial charge in [-0.1, -0.05) is 13.8 Å². The molecule has 2 N–H and O–H groups in total. The van der Waals surface area contributed by atoms with Crippen LogP contribution < -0.4 is 5.32 Å². The van der Waals surface area contributed by atoms with Crippen LogP contribution in [0.2, 0.25) is 0 Å². The van der Waals surface area contributed by atoms with E-state index in [4.69, 9.17) is 0 Å². The average Bonchev–Trinajstić information content (AvgIpc) is 2.51. The molecule has 0 amide bonds. The molecule has 1 unspecified atom stereocenters. The van der Waals surface area contributed by atoms with E-state index in [1.807, 2.05) is 38.6 Å². The molecule has 0 aromatic carbocycles. The van der Waals surface area contributed by atoms with E-state index in [2.05, 4.69) is 10.3 Å². The van der Waals surface area contributed by atoms with Crippen LogP contribution in [0.1, 0.15) is 26.6 Å². The molecule has 15 heavy (non-hydrogen) atoms. The lowest BCUT2D eigenvalue weighted by Gasteiger charge is -2.27. The largest absolute Gasteiger partial charge is 0.389 e. The van der Waals surface area contributed by atoms with Crippen LogP contribution in [0.25, 0.3) is 0 Å². The normalized spacial score (nSPS) is 15.6. The quantitative estimate of drug-likeness (QED) is 0.761. The topological polar surface area (TPSA) is 50.1 Å². The molecule has 4 nitrogen and oxygen atoms in total. The fourth-order valence-corrected chi connectivity index (χ4v) is 1.20. The van der Waals surface area contributed by atoms with Crippen LogP contribution in [0.3, 0.4) is 0 Å². The van der Waals surface area contributed by atoms with Crippen LogP contribution in [-0.4, -0.2) is 26.8 Å². The summed E-state index contributed by atoms with van der Waals surface area (Å²) in [6.07, 6.45) is 3.69. The molecule has 0 aliphatic heterocycles. The van der Waals surface area contributed by atoms with Gasteiger partial charge < -0.3 is 15.0 Å². The smallest absolute Gasteiger partial charge is 0.122 e. The van der Waals surface area contributed by atoms with Crippen LogP contribution in [0.5, 0.6) is 0 Å². The molecule has 1 atom stereocenters. The summed E-state index contributed by atoms with van der Waals surface area (Å²) in [5.41, 5.74) is -0.662. The second-order valence-corrected chi connectivity index (χ2v) is 4.57. The molecule has 0 saturated carbocycles. The maximum Gasteiger partial charge on any atom is 0.122 e. The van der Waals surface area contributed by atoms with Crippen LogP contribution in [0.4, 0.5) is 0 Å². The molecule has 0 aliphatic rings. The van der Waals surface area contributed by atoms with Crippen molar-refractivity contribution in [2.45, 2.75) is 32.9 Å². The molecule has 0 saturated heterocycles. The Kier molecular flexibility index (Phi) is 3.88. The van der Waals surface area contributed by atoms with Gasteiger partial charge in [0.1, 0.15) is 5.82 Å². The lowest BCUT2D eigenvalue weighted by Crippen LogP contribution is -2.42. The highest BCUT2D eigenvalue weighted by Crippen LogP contribution is 2.14. The molecular formula is C11H21N3O. The van der Waals surface area contributed by atoms with Gasteiger partial charge in [-0.25, -0.2) is 4.98 Å². The number of nitrogens with zero attached hydrogens (tertiary/aromatic N) is 2. The van der Waals surface area contributed by atoms with Crippen LogP contribution in [0.15, 0.2) is 12.4 Å². The van der Waals surface area contributed by atoms with Crippen molar-refractivity contribution in [1.82, 2.24) is 14.9 Å². The maximum atomic E-state index is 10.00. The van der Waals surface area contributed by atoms with Gasteiger partial charge in [0.2, 0.25) is 0 Å². The number of rotatable bonds is 5. The third-order valence-electron chi connectivity index (χ3n) is 2.93. The minimum atomic E-state index is -0.662. The first-order valence-electron chi connectivity index (χ1n) is 5.33. The summed E-state index contributed by atoms with van der Waals surface area (Å²) in [6, 6.07) is 0. The molecule has 4 heteroatoms. The third kappa shape index (κ3) is 3.32. The van der Waals surface area contributed by atoms with Crippen molar-refractivity contribution < 1.29 is 5.11 Å². The van der Waals surface area contributed by atoms with Crippen molar-refractivity contribution in [3.63, 3.8) is 0 Å². The van der Waals surface area contributed by atoms with Crippen molar-refractivity contribution in [2.75, 3.05) is 6.54 Å². The van der Waals surface area contributed by atoms with Crippen LogP contribution in [-0.2, 0) is 13.6 Å². The number of nitrogens with one attached hydrogen (secondary N) is 1. The van der Waals surface area contributed by atoms with Crippen LogP contribution in [0, 0.1) is 5.92 Å². The fourth-order valence-electron chi connectivity index (χ4n) is 1.20. The Labute approximate surface area is 91.3 Å². The van der Waals surface area contributed by atoms with Gasteiger partial charge in [-0.3, -0.25) is 0 Å². The van der Waals surface area contributed by atoms with E-state index >= 15 is 0 Å². The van der Waals surface area contributed by atoms with Crippen molar-refractivity contribution in [1.29, 1.82) is 0 Å². The molecule has 86 valence electrons. The first kappa shape index (κ1) is 12.2. The lowest BCUT2D eigenvalue weighted by atomic mass is 9.93. The van der Waals surface area contributed by atoms with E-state index in [1.165, 1.54) is 0 Å². The molecule has 1 aromatic heterocycles. The van der Waals surface area contributed by atoms with Gasteiger partial charge >= 0.3 is 0 Å². The lowest BCUT2D eigenvalue weighted by molar-refractivity contribution is 0.0138. The first-order chi connectivity index (χ1) is 6.93. The standard InChI is InChI=1S/C11H21N3O/c1-9(2)11(3,15)8-12-7-10-13-5-6-14(10)4/h5-6,9,12,15H,7-8H2,1-4H3. The van der Waals surface area contributed by atoms with Gasteiger partial charge in [0.05, 0.1) is 12.1 Å². The Morgan fingerprint density at radius 2 is 2.27 bits per heavy atom. The minimum absolute atomic E-state index is 0.242. The molecule has 0 radical (unpaired) electrons. The maximum absolute atomic E-state index is 10.00. The van der Waals surface area contributed by atoms with Crippen molar-refractivity contribution in [3.05, 3.63) is 18.2 Å². The predicted octanol–water partition coefficient (Wildman–Crippen LogP) is 0.917. The number of hydrogen-bond acceptors (Lipinski definition) is 3. The minimum Gasteiger partial charge on any atom is -0.389 e. The monoisotopic (exact) mass is 211 g/mol. The predicted molar refractivity (Wildman–Crippen MR) is 60.4 cm³/mol. The van der Waals surface area contributed by atoms with Crippen molar-refractivity contribution >= 4 is 0 Å². The van der Waals surface area contributed by atoms with E-state index in [9.17, 15) is 5.11 Å². The Bertz CT molecular complexity index is 305. The zero-order chi connectivity index (χ0) is 11.5. The number of aryl methyl sites for hydroxylation is 1. The Morgan fingerprint density at radius 1 is 1.60 bits per heavy atom. The molecule has 0 spiro atoms. The summed E-state index contributed by atoms with van der Waals surface area (Å²) >= 11 is 0. The zero-order valence-corrected chi connectivity index (χ0v) is 9.99. The molecule has 1 heterocycles. The number of aromatic nitrogens is 2. The molecule has 1 rings (SSSR count). The van der Waals surface area contributed by atoms with Gasteiger partial charge in [-0.2, -0.15) is 0 Å². The highest BCUT2D eigenvalue weighted by molar-refractivity contribution is 4.91. The second-order valence-electron chi connectivity index (χ2n) is 4.57. The number of imidazole rings is 1. The van der Waals surface area contributed by atoms with Gasteiger partial charge in [-0.05, 0) is 12.8 Å². The summed E-state index contributed by atoms with van der Waals surface area (Å²) in [5.74, 6) is 1.22. The Hall–Kier alpha value is -0.870. The zero-order valence-electron chi connectivity index (χ0n) is 9.99. The highest BCUT2D eigenvalue weighted by Gasteiger charge is 2.24. The van der Waals surface area contributed by atoms with Gasteiger partial charge in [0.25, 0.3) is 0 Å². The molecule has 0 bridgehead atoms. The second kappa shape index (κ2) is 4.77. The molecule has 0 aliphatic carbocycles. The number of hydrogen-bond donors (Lipinski definition) is 2. The van der Waals surface area contributed by atoms with E-state index in [0.717, 1.165) is 5.82 Å². The molecule has 0 fully saturated rings. The third-order valence-corrected chi connectivity index (χ3v) is 2.93. The van der Waals surface area contributed by atoms with Gasteiger partial charge in [0.15, 0.2) is 0 Å². The van der Waals surface area contributed by atoms with E-state index < -0.39 is 5.60 Å². The summed E-state index contributed by atoms with van der Waals surface area (Å²) in [7, 11) is 1.96. The molecular weight excluding hydrogens is 190 g/mol. The molecule has 1 aromatic rings. The summed E-state index contributed by atoms with van der Waals surface area (Å²) < 4.78 is 1.97. The number of aliphatic hydroxyl groups is 1. The summed E-state index contributed by atoms with van der Waals surface area (Å²) in [6.45, 7) is 7.15. The highest BCUT2D eigenvalue weighted by atomic mass is 16.3. The SMILES string of the molecule is CC(C)C(C)(O)CNCc1nccn1C. The van der Waals surface area contributed by atoms with Gasteiger partial charge in [-0.15, -0.1) is 0 Å². The van der Waals surface area contributed by atoms with E-state index in [1.54, 1.807) is 6.20 Å². The van der Waals surface area contributed by atoms with Gasteiger partial charge in [0, 0.05) is 26.0 Å². The van der Waals surface area contributed by atoms with E-state index in [0.29, 0.717) is 13.1 Å². The van der Waals surface area contributed by atoms with Crippen molar-refractivity contribution in [2.24, 2.45) is 13.0 Å². The van der Waals surface area contributed by atoms with Crippen molar-refractivity contribution in [3.8, 4) is 0 Å². The Balaban J connectivity index is 2.37. The first-order valence-corrected chi connectivity index (χ1v) is 5.33. The average molecular weight is 211 g/mol. The fraction of sp³-hybridized carbons (Fsp3) is 0.727. The summed E-state index contributed by atoms with van der Waals surface area (Å²) in [4.78, 5) is 4.20.